The molecule has 2 aliphatic rings. The molecule has 7 heteroatoms. The zero-order chi connectivity index (χ0) is 17.3. The molecule has 1 unspecified atom stereocenters. The Bertz CT molecular complexity index is 787. The van der Waals surface area contributed by atoms with Crippen molar-refractivity contribution < 1.29 is 8.78 Å². The normalized spacial score (nSPS) is 22.4. The van der Waals surface area contributed by atoms with Crippen molar-refractivity contribution in [3.8, 4) is 0 Å². The molecule has 0 spiro atoms. The van der Waals surface area contributed by atoms with Crippen molar-refractivity contribution in [1.29, 1.82) is 0 Å². The van der Waals surface area contributed by atoms with Gasteiger partial charge in [-0.1, -0.05) is 37.1 Å². The summed E-state index contributed by atoms with van der Waals surface area (Å²) in [6, 6.07) is 7.39. The van der Waals surface area contributed by atoms with Crippen molar-refractivity contribution in [3.05, 3.63) is 41.7 Å². The van der Waals surface area contributed by atoms with Gasteiger partial charge in [0.15, 0.2) is 0 Å². The molecule has 0 amide bonds. The highest BCUT2D eigenvalue weighted by molar-refractivity contribution is 5.74. The Morgan fingerprint density at radius 2 is 1.96 bits per heavy atom. The molecule has 0 aliphatic heterocycles. The maximum atomic E-state index is 14.3. The lowest BCUT2D eigenvalue weighted by Gasteiger charge is -2.15. The second-order valence-electron chi connectivity index (χ2n) is 6.63. The largest absolute Gasteiger partial charge is 0.351 e. The number of anilines is 1. The standard InChI is InChI=1S/C18H19F2N5/c19-18(20)9-12-5-1-4-8-14(12)15(18)10-21-16-22-11-23-17(25-16)24-13-6-2-3-7-13/h1,4-5,8,10-11,13,15H,2-3,6-7,9H2,(H,22,23,24,25). The lowest BCUT2D eigenvalue weighted by atomic mass is 10.0. The third-order valence-electron chi connectivity index (χ3n) is 4.86. The quantitative estimate of drug-likeness (QED) is 0.855. The summed E-state index contributed by atoms with van der Waals surface area (Å²) in [5, 5.41) is 3.26. The lowest BCUT2D eigenvalue weighted by Crippen LogP contribution is -2.23. The molecule has 130 valence electrons. The van der Waals surface area contributed by atoms with Gasteiger partial charge in [-0.2, -0.15) is 9.97 Å². The molecule has 1 heterocycles. The number of nitrogens with one attached hydrogen (secondary N) is 1. The molecule has 1 fully saturated rings. The van der Waals surface area contributed by atoms with Crippen LogP contribution in [-0.4, -0.2) is 33.1 Å². The van der Waals surface area contributed by atoms with Crippen LogP contribution in [0.25, 0.3) is 0 Å². The average molecular weight is 343 g/mol. The van der Waals surface area contributed by atoms with Crippen LogP contribution >= 0.6 is 0 Å². The van der Waals surface area contributed by atoms with E-state index in [1.165, 1.54) is 25.4 Å². The highest BCUT2D eigenvalue weighted by Crippen LogP contribution is 2.43. The van der Waals surface area contributed by atoms with Gasteiger partial charge in [0.2, 0.25) is 5.95 Å². The van der Waals surface area contributed by atoms with Crippen LogP contribution in [0.2, 0.25) is 0 Å². The zero-order valence-electron chi connectivity index (χ0n) is 13.7. The number of hydrogen-bond donors (Lipinski definition) is 1. The van der Waals surface area contributed by atoms with Crippen molar-refractivity contribution >= 4 is 18.1 Å². The molecule has 0 radical (unpaired) electrons. The highest BCUT2D eigenvalue weighted by atomic mass is 19.3. The fraction of sp³-hybridized carbons (Fsp3) is 0.444. The van der Waals surface area contributed by atoms with E-state index in [4.69, 9.17) is 0 Å². The Morgan fingerprint density at radius 1 is 1.16 bits per heavy atom. The van der Waals surface area contributed by atoms with Gasteiger partial charge >= 0.3 is 0 Å². The molecule has 0 saturated heterocycles. The van der Waals surface area contributed by atoms with E-state index in [0.717, 1.165) is 12.8 Å². The van der Waals surface area contributed by atoms with E-state index < -0.39 is 11.8 Å². The van der Waals surface area contributed by atoms with Gasteiger partial charge in [-0.15, -0.1) is 0 Å². The molecule has 1 aromatic heterocycles. The van der Waals surface area contributed by atoms with Gasteiger partial charge in [-0.05, 0) is 24.0 Å². The maximum absolute atomic E-state index is 14.3. The first-order valence-corrected chi connectivity index (χ1v) is 8.57. The van der Waals surface area contributed by atoms with E-state index in [1.807, 2.05) is 0 Å². The van der Waals surface area contributed by atoms with Crippen LogP contribution in [0.5, 0.6) is 0 Å². The molecule has 5 nitrogen and oxygen atoms in total. The molecule has 2 aromatic rings. The summed E-state index contributed by atoms with van der Waals surface area (Å²) in [4.78, 5) is 16.4. The van der Waals surface area contributed by atoms with E-state index >= 15 is 0 Å². The number of aliphatic imine (C=N–C) groups is 1. The molecule has 1 saturated carbocycles. The topological polar surface area (TPSA) is 63.1 Å². The predicted molar refractivity (Wildman–Crippen MR) is 91.7 cm³/mol. The third-order valence-corrected chi connectivity index (χ3v) is 4.86. The predicted octanol–water partition coefficient (Wildman–Crippen LogP) is 3.90. The number of hydrogen-bond acceptors (Lipinski definition) is 5. The van der Waals surface area contributed by atoms with Crippen LogP contribution in [0, 0.1) is 0 Å². The SMILES string of the molecule is FC1(F)Cc2ccccc2C1C=Nc1ncnc(NC2CCCC2)n1. The summed E-state index contributed by atoms with van der Waals surface area (Å²) in [6.45, 7) is 0. The van der Waals surface area contributed by atoms with E-state index in [0.29, 0.717) is 23.1 Å². The number of benzene rings is 1. The van der Waals surface area contributed by atoms with E-state index in [1.54, 1.807) is 24.3 Å². The van der Waals surface area contributed by atoms with Gasteiger partial charge in [0.05, 0.1) is 5.92 Å². The second kappa shape index (κ2) is 6.46. The maximum Gasteiger partial charge on any atom is 0.263 e. The minimum Gasteiger partial charge on any atom is -0.351 e. The Morgan fingerprint density at radius 3 is 2.80 bits per heavy atom. The summed E-state index contributed by atoms with van der Waals surface area (Å²) in [5.41, 5.74) is 1.29. The highest BCUT2D eigenvalue weighted by Gasteiger charge is 2.46. The number of fused-ring (bicyclic) bond motifs is 1. The minimum atomic E-state index is -2.84. The molecule has 4 rings (SSSR count). The Labute approximate surface area is 144 Å². The third kappa shape index (κ3) is 3.36. The van der Waals surface area contributed by atoms with E-state index in [9.17, 15) is 8.78 Å². The summed E-state index contributed by atoms with van der Waals surface area (Å²) < 4.78 is 28.6. The first-order chi connectivity index (χ1) is 12.1. The van der Waals surface area contributed by atoms with Crippen molar-refractivity contribution in [3.63, 3.8) is 0 Å². The summed E-state index contributed by atoms with van der Waals surface area (Å²) in [6.07, 6.45) is 6.95. The molecular formula is C18H19F2N5. The van der Waals surface area contributed by atoms with Crippen molar-refractivity contribution in [2.75, 3.05) is 5.32 Å². The Hall–Kier alpha value is -2.44. The zero-order valence-corrected chi connectivity index (χ0v) is 13.7. The molecule has 1 aromatic carbocycles. The first-order valence-electron chi connectivity index (χ1n) is 8.57. The summed E-state index contributed by atoms with van der Waals surface area (Å²) >= 11 is 0. The van der Waals surface area contributed by atoms with E-state index in [-0.39, 0.29) is 12.4 Å². The fourth-order valence-corrected chi connectivity index (χ4v) is 3.59. The van der Waals surface area contributed by atoms with Crippen LogP contribution in [0.1, 0.15) is 42.7 Å². The number of alkyl halides is 2. The van der Waals surface area contributed by atoms with Crippen LogP contribution in [0.4, 0.5) is 20.7 Å². The van der Waals surface area contributed by atoms with Crippen molar-refractivity contribution in [1.82, 2.24) is 15.0 Å². The van der Waals surface area contributed by atoms with Crippen LogP contribution in [0.15, 0.2) is 35.6 Å². The van der Waals surface area contributed by atoms with Gasteiger partial charge in [-0.3, -0.25) is 0 Å². The average Bonchev–Trinajstić information content (AvgIpc) is 3.18. The van der Waals surface area contributed by atoms with Crippen LogP contribution in [0.3, 0.4) is 0 Å². The number of rotatable bonds is 4. The van der Waals surface area contributed by atoms with Crippen LogP contribution in [-0.2, 0) is 6.42 Å². The van der Waals surface area contributed by atoms with Crippen molar-refractivity contribution in [2.24, 2.45) is 4.99 Å². The number of aromatic nitrogens is 3. The number of nitrogens with zero attached hydrogens (tertiary/aromatic N) is 4. The fourth-order valence-electron chi connectivity index (χ4n) is 3.59. The molecule has 1 atom stereocenters. The smallest absolute Gasteiger partial charge is 0.263 e. The Balaban J connectivity index is 1.53. The summed E-state index contributed by atoms with van der Waals surface area (Å²) in [7, 11) is 0. The molecular weight excluding hydrogens is 324 g/mol. The second-order valence-corrected chi connectivity index (χ2v) is 6.63. The van der Waals surface area contributed by atoms with Gasteiger partial charge in [0.25, 0.3) is 11.9 Å². The monoisotopic (exact) mass is 343 g/mol. The van der Waals surface area contributed by atoms with Gasteiger partial charge in [0.1, 0.15) is 6.33 Å². The summed E-state index contributed by atoms with van der Waals surface area (Å²) in [5.74, 6) is -3.29. The Kier molecular flexibility index (Phi) is 4.15. The first kappa shape index (κ1) is 16.1. The minimum absolute atomic E-state index is 0.149. The van der Waals surface area contributed by atoms with Gasteiger partial charge in [0, 0.05) is 18.7 Å². The van der Waals surface area contributed by atoms with Gasteiger partial charge in [-0.25, -0.2) is 18.8 Å². The van der Waals surface area contributed by atoms with Crippen LogP contribution < -0.4 is 5.32 Å². The molecule has 25 heavy (non-hydrogen) atoms. The van der Waals surface area contributed by atoms with Gasteiger partial charge < -0.3 is 5.32 Å². The van der Waals surface area contributed by atoms with Crippen molar-refractivity contribution in [2.45, 2.75) is 50.0 Å². The number of halogens is 2. The molecule has 0 bridgehead atoms. The lowest BCUT2D eigenvalue weighted by molar-refractivity contribution is 0.00508. The molecule has 2 aliphatic carbocycles. The van der Waals surface area contributed by atoms with E-state index in [2.05, 4.69) is 25.3 Å². The molecule has 1 N–H and O–H groups in total.